The van der Waals surface area contributed by atoms with Crippen molar-refractivity contribution in [1.29, 1.82) is 0 Å². The Balaban J connectivity index is 0.000000140. The molecule has 4 nitrogen and oxygen atoms in total. The highest BCUT2D eigenvalue weighted by molar-refractivity contribution is 7.18. The lowest BCUT2D eigenvalue weighted by Crippen LogP contribution is -2.03. The molecule has 2 aliphatic heterocycles. The predicted octanol–water partition coefficient (Wildman–Crippen LogP) is 3.52. The minimum Gasteiger partial charge on any atom is -0.489 e. The number of benzene rings is 1. The zero-order chi connectivity index (χ0) is 14.7. The number of fused-ring (bicyclic) bond motifs is 4. The van der Waals surface area contributed by atoms with Crippen molar-refractivity contribution in [1.82, 2.24) is 9.97 Å². The van der Waals surface area contributed by atoms with Crippen LogP contribution in [0.15, 0.2) is 41.5 Å². The second-order valence-electron chi connectivity index (χ2n) is 4.85. The van der Waals surface area contributed by atoms with Crippen molar-refractivity contribution in [2.24, 2.45) is 0 Å². The maximum Gasteiger partial charge on any atom is 0.259 e. The van der Waals surface area contributed by atoms with Crippen LogP contribution in [0.5, 0.6) is 5.75 Å². The molecule has 5 heteroatoms. The van der Waals surface area contributed by atoms with Crippen LogP contribution < -0.4 is 10.3 Å². The van der Waals surface area contributed by atoms with Gasteiger partial charge in [-0.15, -0.1) is 11.3 Å². The van der Waals surface area contributed by atoms with E-state index in [1.165, 1.54) is 16.8 Å². The average molecular weight is 300 g/mol. The monoisotopic (exact) mass is 300 g/mol. The molecule has 0 amide bonds. The van der Waals surface area contributed by atoms with E-state index in [0.29, 0.717) is 0 Å². The van der Waals surface area contributed by atoms with E-state index in [0.717, 1.165) is 35.4 Å². The summed E-state index contributed by atoms with van der Waals surface area (Å²) in [5, 5.41) is 0.718. The lowest BCUT2D eigenvalue weighted by Gasteiger charge is -2.11. The largest absolute Gasteiger partial charge is 0.489 e. The quantitative estimate of drug-likeness (QED) is 0.788. The number of ether oxygens (including phenoxy) is 1. The molecule has 0 saturated carbocycles. The second kappa shape index (κ2) is 6.10. The van der Waals surface area contributed by atoms with Crippen molar-refractivity contribution in [2.75, 3.05) is 0 Å². The Labute approximate surface area is 126 Å². The molecule has 0 fully saturated rings. The maximum absolute atomic E-state index is 11.3. The minimum absolute atomic E-state index is 0.0383. The Morgan fingerprint density at radius 3 is 2.62 bits per heavy atom. The first-order valence-corrected chi connectivity index (χ1v) is 7.76. The number of hydrogen-bond acceptors (Lipinski definition) is 4. The van der Waals surface area contributed by atoms with Gasteiger partial charge in [0.05, 0.1) is 11.7 Å². The van der Waals surface area contributed by atoms with E-state index >= 15 is 0 Å². The first-order chi connectivity index (χ1) is 10.3. The van der Waals surface area contributed by atoms with Crippen LogP contribution in [-0.2, 0) is 13.0 Å². The molecule has 2 bridgehead atoms. The number of aromatic amines is 1. The number of rotatable bonds is 2. The topological polar surface area (TPSA) is 55.0 Å². The van der Waals surface area contributed by atoms with E-state index in [-0.39, 0.29) is 5.56 Å². The third-order valence-corrected chi connectivity index (χ3v) is 4.31. The molecule has 0 atom stereocenters. The van der Waals surface area contributed by atoms with Crippen LogP contribution in [0.25, 0.3) is 10.2 Å². The summed E-state index contributed by atoms with van der Waals surface area (Å²) in [6, 6.07) is 10.1. The van der Waals surface area contributed by atoms with Crippen molar-refractivity contribution >= 4 is 21.6 Å². The van der Waals surface area contributed by atoms with Gasteiger partial charge in [0.2, 0.25) is 0 Å². The van der Waals surface area contributed by atoms with Crippen LogP contribution in [0, 0.1) is 0 Å². The minimum atomic E-state index is -0.0383. The summed E-state index contributed by atoms with van der Waals surface area (Å²) in [5.74, 6) is 0.986. The van der Waals surface area contributed by atoms with Crippen molar-refractivity contribution in [3.63, 3.8) is 0 Å². The van der Waals surface area contributed by atoms with Crippen molar-refractivity contribution < 1.29 is 4.74 Å². The van der Waals surface area contributed by atoms with Crippen LogP contribution in [0.3, 0.4) is 0 Å². The highest BCUT2D eigenvalue weighted by Gasteiger charge is 2.04. The number of nitrogens with zero attached hydrogens (tertiary/aromatic N) is 1. The van der Waals surface area contributed by atoms with Crippen molar-refractivity contribution in [2.45, 2.75) is 26.4 Å². The fraction of sp³-hybridized carbons (Fsp3) is 0.250. The summed E-state index contributed by atoms with van der Waals surface area (Å²) in [6.07, 6.45) is 3.59. The summed E-state index contributed by atoms with van der Waals surface area (Å²) in [5.41, 5.74) is 1.23. The highest BCUT2D eigenvalue weighted by Crippen LogP contribution is 2.21. The molecule has 21 heavy (non-hydrogen) atoms. The molecule has 0 unspecified atom stereocenters. The van der Waals surface area contributed by atoms with Crippen LogP contribution >= 0.6 is 11.3 Å². The SMILES string of the molecule is CCCc1cc2c(=O)[nH]cnc2s1.c1cc2ccc1CO2. The predicted molar refractivity (Wildman–Crippen MR) is 85.0 cm³/mol. The van der Waals surface area contributed by atoms with E-state index in [4.69, 9.17) is 4.74 Å². The van der Waals surface area contributed by atoms with E-state index in [1.54, 1.807) is 11.3 Å². The van der Waals surface area contributed by atoms with E-state index in [1.807, 2.05) is 18.2 Å². The Kier molecular flexibility index (Phi) is 4.01. The molecule has 108 valence electrons. The molecule has 0 radical (unpaired) electrons. The molecule has 1 N–H and O–H groups in total. The fourth-order valence-corrected chi connectivity index (χ4v) is 3.23. The number of H-pyrrole nitrogens is 1. The van der Waals surface area contributed by atoms with Crippen LogP contribution in [0.1, 0.15) is 23.8 Å². The van der Waals surface area contributed by atoms with Gasteiger partial charge in [-0.3, -0.25) is 4.79 Å². The van der Waals surface area contributed by atoms with Gasteiger partial charge in [0, 0.05) is 4.88 Å². The molecule has 2 aliphatic rings. The molecule has 0 spiro atoms. The molecule has 3 aromatic rings. The molecule has 5 rings (SSSR count). The van der Waals surface area contributed by atoms with Crippen molar-refractivity contribution in [3.05, 3.63) is 57.5 Å². The van der Waals surface area contributed by atoms with Crippen molar-refractivity contribution in [3.8, 4) is 5.75 Å². The normalized spacial score (nSPS) is 11.9. The Morgan fingerprint density at radius 2 is 2.14 bits per heavy atom. The molecule has 4 heterocycles. The Morgan fingerprint density at radius 1 is 1.33 bits per heavy atom. The van der Waals surface area contributed by atoms with Crippen LogP contribution in [0.4, 0.5) is 0 Å². The summed E-state index contributed by atoms with van der Waals surface area (Å²) in [6.45, 7) is 2.89. The second-order valence-corrected chi connectivity index (χ2v) is 5.96. The van der Waals surface area contributed by atoms with Gasteiger partial charge < -0.3 is 9.72 Å². The van der Waals surface area contributed by atoms with Gasteiger partial charge in [-0.1, -0.05) is 25.5 Å². The standard InChI is InChI=1S/C9H10N2OS.C7H6O/c1-2-3-6-4-7-8(12)10-5-11-9(7)13-6;1-3-7-4-2-6(1)5-8-7/h4-5H,2-3H2,1H3,(H,10,11,12);1-4H,5H2. The lowest BCUT2D eigenvalue weighted by atomic mass is 10.2. The molecular weight excluding hydrogens is 284 g/mol. The van der Waals surface area contributed by atoms with Gasteiger partial charge in [0.15, 0.2) is 0 Å². The maximum atomic E-state index is 11.3. The fourth-order valence-electron chi connectivity index (χ4n) is 2.14. The van der Waals surface area contributed by atoms with Crippen LogP contribution in [-0.4, -0.2) is 9.97 Å². The van der Waals surface area contributed by atoms with E-state index in [2.05, 4.69) is 29.0 Å². The molecule has 0 saturated heterocycles. The van der Waals surface area contributed by atoms with Gasteiger partial charge in [-0.2, -0.15) is 0 Å². The third kappa shape index (κ3) is 3.13. The number of aromatic nitrogens is 2. The molecule has 2 aromatic heterocycles. The Bertz CT molecular complexity index is 767. The molecule has 0 aliphatic carbocycles. The van der Waals surface area contributed by atoms with E-state index < -0.39 is 0 Å². The number of nitrogens with one attached hydrogen (secondary N) is 1. The Hall–Kier alpha value is -2.14. The molecular formula is C16H16N2O2S. The summed E-state index contributed by atoms with van der Waals surface area (Å²) < 4.78 is 5.18. The van der Waals surface area contributed by atoms with Gasteiger partial charge in [-0.05, 0) is 30.2 Å². The number of hydrogen-bond donors (Lipinski definition) is 1. The smallest absolute Gasteiger partial charge is 0.259 e. The first kappa shape index (κ1) is 13.8. The summed E-state index contributed by atoms with van der Waals surface area (Å²) in [7, 11) is 0. The van der Waals surface area contributed by atoms with Gasteiger partial charge >= 0.3 is 0 Å². The van der Waals surface area contributed by atoms with Gasteiger partial charge in [0.25, 0.3) is 5.56 Å². The first-order valence-electron chi connectivity index (χ1n) is 6.94. The summed E-state index contributed by atoms with van der Waals surface area (Å²) in [4.78, 5) is 20.1. The van der Waals surface area contributed by atoms with Gasteiger partial charge in [0.1, 0.15) is 17.2 Å². The third-order valence-electron chi connectivity index (χ3n) is 3.21. The van der Waals surface area contributed by atoms with Gasteiger partial charge in [-0.25, -0.2) is 4.98 Å². The highest BCUT2D eigenvalue weighted by atomic mass is 32.1. The lowest BCUT2D eigenvalue weighted by molar-refractivity contribution is 0.295. The zero-order valence-electron chi connectivity index (χ0n) is 11.8. The number of aryl methyl sites for hydroxylation is 1. The van der Waals surface area contributed by atoms with E-state index in [9.17, 15) is 4.79 Å². The number of thiophene rings is 1. The molecule has 1 aromatic carbocycles. The summed E-state index contributed by atoms with van der Waals surface area (Å²) >= 11 is 1.60. The average Bonchev–Trinajstić information content (AvgIpc) is 2.94. The van der Waals surface area contributed by atoms with Crippen LogP contribution in [0.2, 0.25) is 0 Å². The zero-order valence-corrected chi connectivity index (χ0v) is 12.6.